The number of ether oxygens (including phenoxy) is 1. The van der Waals surface area contributed by atoms with Gasteiger partial charge in [0.05, 0.1) is 18.1 Å². The number of nitrogens with zero attached hydrogens (tertiary/aromatic N) is 1. The summed E-state index contributed by atoms with van der Waals surface area (Å²) < 4.78 is 6.64. The van der Waals surface area contributed by atoms with Crippen molar-refractivity contribution in [3.05, 3.63) is 74.2 Å². The molecular formula is C24H21N3O5S2. The molecule has 0 unspecified atom stereocenters. The van der Waals surface area contributed by atoms with Crippen molar-refractivity contribution in [2.24, 2.45) is 5.92 Å². The molecule has 0 spiro atoms. The van der Waals surface area contributed by atoms with Gasteiger partial charge in [-0.3, -0.25) is 29.1 Å². The molecule has 2 aliphatic heterocycles. The molecule has 2 aromatic carbocycles. The van der Waals surface area contributed by atoms with E-state index in [-0.39, 0.29) is 29.1 Å². The molecule has 3 heterocycles. The molecule has 0 bridgehead atoms. The van der Waals surface area contributed by atoms with Crippen molar-refractivity contribution in [1.29, 1.82) is 0 Å². The zero-order valence-electron chi connectivity index (χ0n) is 18.4. The van der Waals surface area contributed by atoms with Crippen LogP contribution < -0.4 is 20.2 Å². The topological polar surface area (TPSA) is 106 Å². The number of carbonyl (C=O) groups is 3. The number of methoxy groups -OCH3 is 1. The second-order valence-electron chi connectivity index (χ2n) is 8.21. The van der Waals surface area contributed by atoms with Crippen LogP contribution in [0.25, 0.3) is 0 Å². The summed E-state index contributed by atoms with van der Waals surface area (Å²) in [6, 6.07) is 14.6. The Bertz CT molecular complexity index is 1340. The summed E-state index contributed by atoms with van der Waals surface area (Å²) in [5, 5.41) is 5.12. The maximum atomic E-state index is 13.0. The molecular weight excluding hydrogens is 474 g/mol. The van der Waals surface area contributed by atoms with Crippen molar-refractivity contribution in [3.63, 3.8) is 0 Å². The predicted octanol–water partition coefficient (Wildman–Crippen LogP) is 2.74. The lowest BCUT2D eigenvalue weighted by Crippen LogP contribution is -2.32. The third-order valence-corrected chi connectivity index (χ3v) is 8.62. The minimum Gasteiger partial charge on any atom is -0.497 e. The Hall–Kier alpha value is -3.37. The van der Waals surface area contributed by atoms with Crippen LogP contribution in [0.2, 0.25) is 0 Å². The molecule has 3 aromatic rings. The van der Waals surface area contributed by atoms with E-state index in [2.05, 4.69) is 10.6 Å². The maximum absolute atomic E-state index is 13.0. The van der Waals surface area contributed by atoms with Crippen LogP contribution in [-0.2, 0) is 20.9 Å². The van der Waals surface area contributed by atoms with Crippen LogP contribution in [0.4, 0.5) is 5.69 Å². The van der Waals surface area contributed by atoms with Crippen LogP contribution in [0.15, 0.2) is 58.4 Å². The highest BCUT2D eigenvalue weighted by molar-refractivity contribution is 8.00. The normalized spacial score (nSPS) is 20.9. The largest absolute Gasteiger partial charge is 0.497 e. The summed E-state index contributed by atoms with van der Waals surface area (Å²) in [6.07, 6.45) is 0. The van der Waals surface area contributed by atoms with E-state index in [0.29, 0.717) is 21.3 Å². The number of thioether (sulfide) groups is 1. The summed E-state index contributed by atoms with van der Waals surface area (Å²) in [7, 11) is 1.57. The molecule has 0 radical (unpaired) electrons. The van der Waals surface area contributed by atoms with Gasteiger partial charge in [0.15, 0.2) is 0 Å². The number of aromatic nitrogens is 1. The number of imide groups is 1. The lowest BCUT2D eigenvalue weighted by atomic mass is 9.83. The summed E-state index contributed by atoms with van der Waals surface area (Å²) in [4.78, 5) is 51.4. The van der Waals surface area contributed by atoms with E-state index in [1.807, 2.05) is 31.2 Å². The van der Waals surface area contributed by atoms with Crippen LogP contribution >= 0.6 is 23.1 Å². The molecule has 1 fully saturated rings. The van der Waals surface area contributed by atoms with Crippen molar-refractivity contribution < 1.29 is 19.1 Å². The summed E-state index contributed by atoms with van der Waals surface area (Å²) in [5.74, 6) is -1.51. The predicted molar refractivity (Wildman–Crippen MR) is 130 cm³/mol. The molecule has 3 atom stereocenters. The Kier molecular flexibility index (Phi) is 5.78. The maximum Gasteiger partial charge on any atom is 0.308 e. The van der Waals surface area contributed by atoms with Gasteiger partial charge in [0, 0.05) is 16.5 Å². The Morgan fingerprint density at radius 1 is 1.06 bits per heavy atom. The Morgan fingerprint density at radius 3 is 2.44 bits per heavy atom. The standard InChI is InChI=1S/C24H21N3O5S2/c1-12-3-7-14(8-4-12)25-16(28)11-27-23-20(34-24(27)31)17(13-5-9-15(32-2)10-6-13)18-19(33-23)22(30)26-21(18)29/h3-10,17-19H,11H2,1-2H3,(H,25,28)(H,26,29,30)/t17-,18+,19-/m0/s1. The van der Waals surface area contributed by atoms with Crippen molar-refractivity contribution in [2.45, 2.75) is 29.7 Å². The molecule has 10 heteroatoms. The van der Waals surface area contributed by atoms with Gasteiger partial charge in [-0.15, -0.1) is 0 Å². The van der Waals surface area contributed by atoms with Crippen LogP contribution in [0.3, 0.4) is 0 Å². The van der Waals surface area contributed by atoms with E-state index in [1.54, 1.807) is 31.4 Å². The molecule has 2 aliphatic rings. The van der Waals surface area contributed by atoms with E-state index in [4.69, 9.17) is 4.74 Å². The number of aryl methyl sites for hydroxylation is 1. The van der Waals surface area contributed by atoms with Crippen LogP contribution in [0.5, 0.6) is 5.75 Å². The SMILES string of the molecule is COc1ccc([C@@H]2c3sc(=O)n(CC(=O)Nc4ccc(C)cc4)c3S[C@@H]3C(=O)NC(=O)[C@H]23)cc1. The van der Waals surface area contributed by atoms with E-state index < -0.39 is 17.1 Å². The number of rotatable bonds is 5. The average Bonchev–Trinajstić information content (AvgIpc) is 3.29. The fraction of sp³-hybridized carbons (Fsp3) is 0.250. The molecule has 2 N–H and O–H groups in total. The van der Waals surface area contributed by atoms with Crippen LogP contribution in [-0.4, -0.2) is 34.6 Å². The number of hydrogen-bond acceptors (Lipinski definition) is 7. The first kappa shape index (κ1) is 22.4. The van der Waals surface area contributed by atoms with E-state index in [1.165, 1.54) is 16.3 Å². The lowest BCUT2D eigenvalue weighted by molar-refractivity contribution is -0.126. The van der Waals surface area contributed by atoms with Gasteiger partial charge < -0.3 is 10.1 Å². The molecule has 174 valence electrons. The molecule has 3 amide bonds. The fourth-order valence-corrected chi connectivity index (χ4v) is 7.07. The molecule has 0 aliphatic carbocycles. The van der Waals surface area contributed by atoms with Crippen molar-refractivity contribution in [3.8, 4) is 5.75 Å². The van der Waals surface area contributed by atoms with E-state index in [0.717, 1.165) is 22.5 Å². The molecule has 8 nitrogen and oxygen atoms in total. The van der Waals surface area contributed by atoms with Gasteiger partial charge in [-0.1, -0.05) is 52.9 Å². The smallest absolute Gasteiger partial charge is 0.308 e. The minimum atomic E-state index is -0.674. The Balaban J connectivity index is 1.52. The number of fused-ring (bicyclic) bond motifs is 2. The first-order valence-corrected chi connectivity index (χ1v) is 12.3. The van der Waals surface area contributed by atoms with Crippen molar-refractivity contribution in [2.75, 3.05) is 12.4 Å². The number of thiazole rings is 1. The highest BCUT2D eigenvalue weighted by Gasteiger charge is 2.52. The first-order valence-electron chi connectivity index (χ1n) is 10.6. The number of carbonyl (C=O) groups excluding carboxylic acids is 3. The van der Waals surface area contributed by atoms with Gasteiger partial charge in [0.2, 0.25) is 17.7 Å². The quantitative estimate of drug-likeness (QED) is 0.527. The van der Waals surface area contributed by atoms with Gasteiger partial charge in [0.25, 0.3) is 0 Å². The van der Waals surface area contributed by atoms with Crippen molar-refractivity contribution >= 4 is 46.5 Å². The average molecular weight is 496 g/mol. The van der Waals surface area contributed by atoms with Gasteiger partial charge in [-0.25, -0.2) is 0 Å². The lowest BCUT2D eigenvalue weighted by Gasteiger charge is -2.30. The van der Waals surface area contributed by atoms with E-state index >= 15 is 0 Å². The van der Waals surface area contributed by atoms with Crippen LogP contribution in [0.1, 0.15) is 21.9 Å². The highest BCUT2D eigenvalue weighted by atomic mass is 32.2. The number of nitrogens with one attached hydrogen (secondary N) is 2. The third kappa shape index (κ3) is 3.92. The molecule has 34 heavy (non-hydrogen) atoms. The van der Waals surface area contributed by atoms with Gasteiger partial charge >= 0.3 is 4.87 Å². The summed E-state index contributed by atoms with van der Waals surface area (Å²) in [6.45, 7) is 1.77. The molecule has 5 rings (SSSR count). The number of anilines is 1. The highest BCUT2D eigenvalue weighted by Crippen LogP contribution is 2.51. The number of benzene rings is 2. The van der Waals surface area contributed by atoms with E-state index in [9.17, 15) is 19.2 Å². The molecule has 1 aromatic heterocycles. The number of hydrogen-bond donors (Lipinski definition) is 2. The Morgan fingerprint density at radius 2 is 1.76 bits per heavy atom. The Labute approximate surface area is 203 Å². The first-order chi connectivity index (χ1) is 16.4. The molecule has 0 saturated carbocycles. The van der Waals surface area contributed by atoms with Crippen LogP contribution in [0, 0.1) is 12.8 Å². The second kappa shape index (κ2) is 8.77. The minimum absolute atomic E-state index is 0.187. The fourth-order valence-electron chi connectivity index (χ4n) is 4.33. The van der Waals surface area contributed by atoms with Crippen molar-refractivity contribution in [1.82, 2.24) is 9.88 Å². The zero-order valence-corrected chi connectivity index (χ0v) is 20.0. The summed E-state index contributed by atoms with van der Waals surface area (Å²) in [5.41, 5.74) is 2.51. The monoisotopic (exact) mass is 495 g/mol. The summed E-state index contributed by atoms with van der Waals surface area (Å²) >= 11 is 2.20. The third-order valence-electron chi connectivity index (χ3n) is 6.00. The molecule has 1 saturated heterocycles. The van der Waals surface area contributed by atoms with Gasteiger partial charge in [0.1, 0.15) is 17.5 Å². The van der Waals surface area contributed by atoms with Gasteiger partial charge in [-0.2, -0.15) is 0 Å². The van der Waals surface area contributed by atoms with Gasteiger partial charge in [-0.05, 0) is 36.8 Å². The zero-order chi connectivity index (χ0) is 24.0. The number of amides is 3. The second-order valence-corrected chi connectivity index (χ2v) is 10.3.